The number of rotatable bonds is 2. The molecule has 0 saturated carbocycles. The van der Waals surface area contributed by atoms with E-state index in [1.54, 1.807) is 0 Å². The van der Waals surface area contributed by atoms with E-state index in [1.807, 2.05) is 0 Å². The Morgan fingerprint density at radius 3 is 2.35 bits per heavy atom. The molecule has 0 bridgehead atoms. The van der Waals surface area contributed by atoms with E-state index in [-0.39, 0.29) is 17.4 Å². The summed E-state index contributed by atoms with van der Waals surface area (Å²) in [7, 11) is 0. The molecule has 1 aliphatic heterocycles. The zero-order chi connectivity index (χ0) is 14.3. The fraction of sp³-hybridized carbons (Fsp3) is 0.143. The highest BCUT2D eigenvalue weighted by Crippen LogP contribution is 2.41. The molecule has 3 rings (SSSR count). The molecule has 0 aromatic heterocycles. The van der Waals surface area contributed by atoms with Gasteiger partial charge in [-0.25, -0.2) is 8.78 Å². The van der Waals surface area contributed by atoms with Crippen LogP contribution < -0.4 is 9.47 Å². The zero-order valence-corrected chi connectivity index (χ0v) is 10.8. The molecule has 104 valence electrons. The lowest BCUT2D eigenvalue weighted by molar-refractivity contribution is 0.173. The molecule has 1 aliphatic rings. The van der Waals surface area contributed by atoms with Gasteiger partial charge in [0.05, 0.1) is 5.02 Å². The number of hydrogen-bond donors (Lipinski definition) is 1. The van der Waals surface area contributed by atoms with Crippen molar-refractivity contribution in [2.75, 3.05) is 6.79 Å². The van der Waals surface area contributed by atoms with E-state index >= 15 is 0 Å². The number of aliphatic hydroxyl groups excluding tert-OH is 1. The summed E-state index contributed by atoms with van der Waals surface area (Å²) in [4.78, 5) is 0. The van der Waals surface area contributed by atoms with Gasteiger partial charge in [0.2, 0.25) is 6.79 Å². The van der Waals surface area contributed by atoms with Crippen LogP contribution in [0.15, 0.2) is 30.3 Å². The first kappa shape index (κ1) is 13.1. The molecule has 0 saturated heterocycles. The van der Waals surface area contributed by atoms with Gasteiger partial charge in [0.1, 0.15) is 17.7 Å². The second-order valence-corrected chi connectivity index (χ2v) is 4.75. The van der Waals surface area contributed by atoms with Crippen molar-refractivity contribution in [3.8, 4) is 11.5 Å². The van der Waals surface area contributed by atoms with E-state index in [9.17, 15) is 13.9 Å². The monoisotopic (exact) mass is 298 g/mol. The molecule has 0 spiro atoms. The molecule has 0 fully saturated rings. The maximum Gasteiger partial charge on any atom is 0.231 e. The molecular weight excluding hydrogens is 290 g/mol. The minimum atomic E-state index is -1.22. The highest BCUT2D eigenvalue weighted by molar-refractivity contribution is 6.32. The van der Waals surface area contributed by atoms with Gasteiger partial charge in [0, 0.05) is 6.07 Å². The standard InChI is InChI=1S/C14H9ClF2O3/c15-11-3-8(4-12-14(11)20-6-19-12)13(18)7-1-9(16)5-10(17)2-7/h1-5,13,18H,6H2. The van der Waals surface area contributed by atoms with Crippen molar-refractivity contribution in [2.24, 2.45) is 0 Å². The average Bonchev–Trinajstić information content (AvgIpc) is 2.85. The lowest BCUT2D eigenvalue weighted by Gasteiger charge is -2.13. The highest BCUT2D eigenvalue weighted by Gasteiger charge is 2.22. The summed E-state index contributed by atoms with van der Waals surface area (Å²) in [5, 5.41) is 10.5. The van der Waals surface area contributed by atoms with E-state index in [2.05, 4.69) is 0 Å². The normalized spacial score (nSPS) is 14.4. The number of halogens is 3. The summed E-state index contributed by atoms with van der Waals surface area (Å²) < 4.78 is 36.7. The molecule has 1 N–H and O–H groups in total. The van der Waals surface area contributed by atoms with Crippen LogP contribution in [-0.4, -0.2) is 11.9 Å². The summed E-state index contributed by atoms with van der Waals surface area (Å²) in [6.07, 6.45) is -1.22. The largest absolute Gasteiger partial charge is 0.454 e. The minimum Gasteiger partial charge on any atom is -0.454 e. The molecule has 0 radical (unpaired) electrons. The summed E-state index contributed by atoms with van der Waals surface area (Å²) in [6, 6.07) is 5.87. The third kappa shape index (κ3) is 2.30. The highest BCUT2D eigenvalue weighted by atomic mass is 35.5. The van der Waals surface area contributed by atoms with Gasteiger partial charge in [-0.2, -0.15) is 0 Å². The van der Waals surface area contributed by atoms with Crippen molar-refractivity contribution in [1.82, 2.24) is 0 Å². The fourth-order valence-electron chi connectivity index (χ4n) is 2.07. The lowest BCUT2D eigenvalue weighted by Crippen LogP contribution is -2.01. The van der Waals surface area contributed by atoms with Gasteiger partial charge in [-0.15, -0.1) is 0 Å². The molecule has 20 heavy (non-hydrogen) atoms. The van der Waals surface area contributed by atoms with Crippen LogP contribution in [0.3, 0.4) is 0 Å². The van der Waals surface area contributed by atoms with E-state index in [4.69, 9.17) is 21.1 Å². The number of hydrogen-bond acceptors (Lipinski definition) is 3. The molecule has 1 atom stereocenters. The van der Waals surface area contributed by atoms with Crippen molar-refractivity contribution in [2.45, 2.75) is 6.10 Å². The van der Waals surface area contributed by atoms with Gasteiger partial charge in [-0.05, 0) is 35.4 Å². The van der Waals surface area contributed by atoms with Gasteiger partial charge >= 0.3 is 0 Å². The summed E-state index contributed by atoms with van der Waals surface area (Å²) >= 11 is 6.00. The van der Waals surface area contributed by atoms with E-state index in [1.165, 1.54) is 12.1 Å². The smallest absolute Gasteiger partial charge is 0.231 e. The van der Waals surface area contributed by atoms with Crippen LogP contribution in [0.4, 0.5) is 8.78 Å². The first-order valence-electron chi connectivity index (χ1n) is 5.77. The first-order chi connectivity index (χ1) is 9.54. The molecule has 1 unspecified atom stereocenters. The number of fused-ring (bicyclic) bond motifs is 1. The van der Waals surface area contributed by atoms with Crippen molar-refractivity contribution in [3.63, 3.8) is 0 Å². The minimum absolute atomic E-state index is 0.0448. The van der Waals surface area contributed by atoms with Crippen LogP contribution in [-0.2, 0) is 0 Å². The Labute approximate surface area is 118 Å². The quantitative estimate of drug-likeness (QED) is 0.923. The van der Waals surface area contributed by atoms with Crippen molar-refractivity contribution < 1.29 is 23.4 Å². The molecule has 1 heterocycles. The second kappa shape index (κ2) is 4.92. The van der Waals surface area contributed by atoms with Crippen molar-refractivity contribution >= 4 is 11.6 Å². The van der Waals surface area contributed by atoms with Crippen LogP contribution >= 0.6 is 11.6 Å². The molecular formula is C14H9ClF2O3. The lowest BCUT2D eigenvalue weighted by atomic mass is 10.0. The Morgan fingerprint density at radius 1 is 1.00 bits per heavy atom. The Morgan fingerprint density at radius 2 is 1.65 bits per heavy atom. The van der Waals surface area contributed by atoms with E-state index in [0.29, 0.717) is 17.1 Å². The Bertz CT molecular complexity index is 655. The van der Waals surface area contributed by atoms with Gasteiger partial charge < -0.3 is 14.6 Å². The molecule has 6 heteroatoms. The average molecular weight is 299 g/mol. The second-order valence-electron chi connectivity index (χ2n) is 4.34. The van der Waals surface area contributed by atoms with E-state index < -0.39 is 17.7 Å². The van der Waals surface area contributed by atoms with Crippen LogP contribution in [0.2, 0.25) is 5.02 Å². The number of benzene rings is 2. The SMILES string of the molecule is OC(c1cc(F)cc(F)c1)c1cc(Cl)c2c(c1)OCO2. The third-order valence-electron chi connectivity index (χ3n) is 2.97. The molecule has 2 aromatic rings. The maximum absolute atomic E-state index is 13.2. The molecule has 3 nitrogen and oxygen atoms in total. The van der Waals surface area contributed by atoms with E-state index in [0.717, 1.165) is 18.2 Å². The Kier molecular flexibility index (Phi) is 3.23. The summed E-state index contributed by atoms with van der Waals surface area (Å²) in [5.74, 6) is -0.728. The number of ether oxygens (including phenoxy) is 2. The van der Waals surface area contributed by atoms with Gasteiger partial charge in [0.25, 0.3) is 0 Å². The molecule has 2 aromatic carbocycles. The summed E-state index contributed by atoms with van der Waals surface area (Å²) in [5.41, 5.74) is 0.460. The zero-order valence-electron chi connectivity index (χ0n) is 10.1. The van der Waals surface area contributed by atoms with Gasteiger partial charge in [0.15, 0.2) is 11.5 Å². The van der Waals surface area contributed by atoms with Gasteiger partial charge in [-0.1, -0.05) is 11.6 Å². The summed E-state index contributed by atoms with van der Waals surface area (Å²) in [6.45, 7) is 0.0448. The molecule has 0 amide bonds. The predicted octanol–water partition coefficient (Wildman–Crippen LogP) is 3.43. The van der Waals surface area contributed by atoms with Crippen LogP contribution in [0.25, 0.3) is 0 Å². The Balaban J connectivity index is 2.02. The fourth-order valence-corrected chi connectivity index (χ4v) is 2.34. The first-order valence-corrected chi connectivity index (χ1v) is 6.15. The third-order valence-corrected chi connectivity index (χ3v) is 3.25. The Hall–Kier alpha value is -1.85. The van der Waals surface area contributed by atoms with Gasteiger partial charge in [-0.3, -0.25) is 0 Å². The maximum atomic E-state index is 13.2. The van der Waals surface area contributed by atoms with Crippen LogP contribution in [0.1, 0.15) is 17.2 Å². The van der Waals surface area contributed by atoms with Crippen molar-refractivity contribution in [3.05, 3.63) is 58.1 Å². The van der Waals surface area contributed by atoms with Crippen molar-refractivity contribution in [1.29, 1.82) is 0 Å². The van der Waals surface area contributed by atoms with Crippen LogP contribution in [0.5, 0.6) is 11.5 Å². The molecule has 0 aliphatic carbocycles. The topological polar surface area (TPSA) is 38.7 Å². The number of aliphatic hydroxyl groups is 1. The predicted molar refractivity (Wildman–Crippen MR) is 68.0 cm³/mol. The van der Waals surface area contributed by atoms with Crippen LogP contribution in [0, 0.1) is 11.6 Å².